The van der Waals surface area contributed by atoms with Gasteiger partial charge in [-0.25, -0.2) is 0 Å². The molecule has 0 unspecified atom stereocenters. The van der Waals surface area contributed by atoms with Crippen LogP contribution in [0.25, 0.3) is 44.5 Å². The molecule has 0 heterocycles. The van der Waals surface area contributed by atoms with Crippen LogP contribution < -0.4 is 4.90 Å². The summed E-state index contributed by atoms with van der Waals surface area (Å²) in [6.07, 6.45) is 4.36. The molecule has 1 N–H and O–H groups in total. The summed E-state index contributed by atoms with van der Waals surface area (Å²) in [6, 6.07) is 46.1. The van der Waals surface area contributed by atoms with Crippen LogP contribution >= 0.6 is 0 Å². The van der Waals surface area contributed by atoms with Crippen molar-refractivity contribution in [3.8, 4) is 5.75 Å². The van der Waals surface area contributed by atoms with Crippen molar-refractivity contribution in [2.75, 3.05) is 4.90 Å². The van der Waals surface area contributed by atoms with Crippen molar-refractivity contribution in [2.45, 2.75) is 0 Å². The Morgan fingerprint density at radius 1 is 0.421 bits per heavy atom. The maximum absolute atomic E-state index is 9.78. The van der Waals surface area contributed by atoms with Gasteiger partial charge in [0.05, 0.1) is 0 Å². The van der Waals surface area contributed by atoms with E-state index in [1.807, 2.05) is 30.3 Å². The first-order chi connectivity index (χ1) is 18.7. The summed E-state index contributed by atoms with van der Waals surface area (Å²) in [7, 11) is 0. The van der Waals surface area contributed by atoms with Crippen LogP contribution in [0.15, 0.2) is 133 Å². The minimum atomic E-state index is 0.259. The molecule has 0 saturated carbocycles. The van der Waals surface area contributed by atoms with E-state index in [9.17, 15) is 5.11 Å². The summed E-state index contributed by atoms with van der Waals surface area (Å²) >= 11 is 0. The fourth-order valence-corrected chi connectivity index (χ4v) is 5.43. The van der Waals surface area contributed by atoms with Crippen molar-refractivity contribution in [3.05, 3.63) is 145 Å². The number of benzene rings is 7. The van der Waals surface area contributed by atoms with Crippen molar-refractivity contribution < 1.29 is 5.11 Å². The molecule has 0 aliphatic heterocycles. The molecule has 0 amide bonds. The zero-order chi connectivity index (χ0) is 25.5. The largest absolute Gasteiger partial charge is 0.508 e. The number of rotatable bonds is 5. The first kappa shape index (κ1) is 22.1. The predicted molar refractivity (Wildman–Crippen MR) is 162 cm³/mol. The molecule has 0 fully saturated rings. The van der Waals surface area contributed by atoms with Crippen LogP contribution in [0, 0.1) is 0 Å². The van der Waals surface area contributed by atoms with Crippen LogP contribution in [0.5, 0.6) is 5.75 Å². The highest BCUT2D eigenvalue weighted by Gasteiger charge is 2.12. The van der Waals surface area contributed by atoms with Gasteiger partial charge < -0.3 is 10.0 Å². The average molecular weight is 488 g/mol. The highest BCUT2D eigenvalue weighted by molar-refractivity contribution is 6.23. The summed E-state index contributed by atoms with van der Waals surface area (Å²) in [5.41, 5.74) is 5.44. The quantitative estimate of drug-likeness (QED) is 0.193. The van der Waals surface area contributed by atoms with Gasteiger partial charge in [-0.15, -0.1) is 0 Å². The Bertz CT molecular complexity index is 1840. The van der Waals surface area contributed by atoms with Crippen LogP contribution in [-0.4, -0.2) is 5.11 Å². The van der Waals surface area contributed by atoms with E-state index in [0.29, 0.717) is 0 Å². The molecule has 0 radical (unpaired) electrons. The number of anilines is 3. The molecule has 0 aliphatic carbocycles. The number of aromatic hydroxyl groups is 1. The van der Waals surface area contributed by atoms with Gasteiger partial charge in [0, 0.05) is 17.1 Å². The smallest absolute Gasteiger partial charge is 0.115 e. The van der Waals surface area contributed by atoms with E-state index in [4.69, 9.17) is 0 Å². The van der Waals surface area contributed by atoms with Crippen LogP contribution in [0.2, 0.25) is 0 Å². The molecule has 0 aromatic heterocycles. The van der Waals surface area contributed by atoms with E-state index < -0.39 is 0 Å². The van der Waals surface area contributed by atoms with Gasteiger partial charge >= 0.3 is 0 Å². The van der Waals surface area contributed by atoms with E-state index in [-0.39, 0.29) is 5.75 Å². The minimum absolute atomic E-state index is 0.259. The Morgan fingerprint density at radius 3 is 1.55 bits per heavy atom. The van der Waals surface area contributed by atoms with Gasteiger partial charge in [-0.05, 0) is 104 Å². The minimum Gasteiger partial charge on any atom is -0.508 e. The molecule has 180 valence electrons. The molecule has 2 heteroatoms. The van der Waals surface area contributed by atoms with Crippen molar-refractivity contribution >= 4 is 61.5 Å². The predicted octanol–water partition coefficient (Wildman–Crippen LogP) is 9.93. The Balaban J connectivity index is 1.22. The van der Waals surface area contributed by atoms with E-state index >= 15 is 0 Å². The van der Waals surface area contributed by atoms with Crippen molar-refractivity contribution in [1.82, 2.24) is 0 Å². The van der Waals surface area contributed by atoms with E-state index in [1.54, 1.807) is 12.1 Å². The van der Waals surface area contributed by atoms with Crippen LogP contribution in [-0.2, 0) is 0 Å². The maximum atomic E-state index is 9.78. The second-order valence-corrected chi connectivity index (χ2v) is 9.66. The Morgan fingerprint density at radius 2 is 0.921 bits per heavy atom. The molecular weight excluding hydrogens is 462 g/mol. The first-order valence-corrected chi connectivity index (χ1v) is 12.8. The van der Waals surface area contributed by atoms with Crippen LogP contribution in [0.4, 0.5) is 17.1 Å². The lowest BCUT2D eigenvalue weighted by Crippen LogP contribution is -2.09. The lowest BCUT2D eigenvalue weighted by Gasteiger charge is -2.25. The Kier molecular flexibility index (Phi) is 5.30. The SMILES string of the molecule is Oc1ccc(N(c2ccccc2)c2ccc(C=Cc3cc4ccc5cccc6ccc(c3)c4c56)cc2)cc1. The third-order valence-corrected chi connectivity index (χ3v) is 7.23. The van der Waals surface area contributed by atoms with Gasteiger partial charge in [0.25, 0.3) is 0 Å². The molecule has 0 atom stereocenters. The molecule has 38 heavy (non-hydrogen) atoms. The normalized spacial score (nSPS) is 11.7. The fraction of sp³-hybridized carbons (Fsp3) is 0. The second-order valence-electron chi connectivity index (χ2n) is 9.66. The molecule has 0 saturated heterocycles. The Hall–Kier alpha value is -5.08. The van der Waals surface area contributed by atoms with Gasteiger partial charge in [-0.2, -0.15) is 0 Å². The maximum Gasteiger partial charge on any atom is 0.115 e. The van der Waals surface area contributed by atoms with E-state index in [1.165, 1.54) is 37.9 Å². The zero-order valence-electron chi connectivity index (χ0n) is 20.8. The molecule has 7 aromatic carbocycles. The molecular formula is C36H25NO. The summed E-state index contributed by atoms with van der Waals surface area (Å²) in [6.45, 7) is 0. The van der Waals surface area contributed by atoms with Crippen LogP contribution in [0.3, 0.4) is 0 Å². The fourth-order valence-electron chi connectivity index (χ4n) is 5.43. The van der Waals surface area contributed by atoms with Gasteiger partial charge in [0.15, 0.2) is 0 Å². The van der Waals surface area contributed by atoms with Gasteiger partial charge in [0.1, 0.15) is 5.75 Å². The molecule has 0 spiro atoms. The summed E-state index contributed by atoms with van der Waals surface area (Å²) in [5, 5.41) is 17.6. The number of para-hydroxylation sites is 1. The molecule has 7 rings (SSSR count). The van der Waals surface area contributed by atoms with Gasteiger partial charge in [0.2, 0.25) is 0 Å². The number of phenols is 1. The van der Waals surface area contributed by atoms with Crippen molar-refractivity contribution in [1.29, 1.82) is 0 Å². The summed E-state index contributed by atoms with van der Waals surface area (Å²) in [5.74, 6) is 0.259. The summed E-state index contributed by atoms with van der Waals surface area (Å²) < 4.78 is 0. The van der Waals surface area contributed by atoms with E-state index in [2.05, 4.69) is 108 Å². The third kappa shape index (κ3) is 3.93. The molecule has 0 bridgehead atoms. The Labute approximate surface area is 221 Å². The summed E-state index contributed by atoms with van der Waals surface area (Å²) in [4.78, 5) is 2.19. The topological polar surface area (TPSA) is 23.5 Å². The second kappa shape index (κ2) is 9.10. The highest BCUT2D eigenvalue weighted by Crippen LogP contribution is 2.37. The standard InChI is InChI=1S/C36H25NO/c38-34-21-19-33(20-22-34)37(31-7-2-1-3-8-31)32-17-11-25(12-18-32)9-10-26-23-29-15-13-27-5-4-6-28-14-16-30(24-26)36(29)35(27)28/h1-24,38H. The first-order valence-electron chi connectivity index (χ1n) is 12.8. The third-order valence-electron chi connectivity index (χ3n) is 7.23. The van der Waals surface area contributed by atoms with Crippen molar-refractivity contribution in [2.24, 2.45) is 0 Å². The van der Waals surface area contributed by atoms with E-state index in [0.717, 1.165) is 22.6 Å². The molecule has 7 aromatic rings. The van der Waals surface area contributed by atoms with Crippen molar-refractivity contribution in [3.63, 3.8) is 0 Å². The monoisotopic (exact) mass is 487 g/mol. The van der Waals surface area contributed by atoms with Gasteiger partial charge in [-0.1, -0.05) is 84.9 Å². The van der Waals surface area contributed by atoms with Crippen LogP contribution in [0.1, 0.15) is 11.1 Å². The highest BCUT2D eigenvalue weighted by atomic mass is 16.3. The zero-order valence-corrected chi connectivity index (χ0v) is 20.8. The molecule has 0 aliphatic rings. The number of nitrogens with zero attached hydrogens (tertiary/aromatic N) is 1. The average Bonchev–Trinajstić information content (AvgIpc) is 2.97. The molecule has 2 nitrogen and oxygen atoms in total. The van der Waals surface area contributed by atoms with Gasteiger partial charge in [-0.3, -0.25) is 0 Å². The lowest BCUT2D eigenvalue weighted by molar-refractivity contribution is 0.475. The number of hydrogen-bond acceptors (Lipinski definition) is 2. The number of phenolic OH excluding ortho intramolecular Hbond substituents is 1. The lowest BCUT2D eigenvalue weighted by atomic mass is 9.93. The number of hydrogen-bond donors (Lipinski definition) is 1.